The Kier molecular flexibility index (Phi) is 5.99. The van der Waals surface area contributed by atoms with Crippen molar-refractivity contribution in [3.8, 4) is 11.5 Å². The van der Waals surface area contributed by atoms with Gasteiger partial charge in [-0.25, -0.2) is 4.98 Å². The fourth-order valence-electron chi connectivity index (χ4n) is 2.18. The quantitative estimate of drug-likeness (QED) is 0.439. The van der Waals surface area contributed by atoms with Crippen LogP contribution in [0.3, 0.4) is 0 Å². The van der Waals surface area contributed by atoms with E-state index in [2.05, 4.69) is 20.2 Å². The fourth-order valence-corrected chi connectivity index (χ4v) is 2.73. The van der Waals surface area contributed by atoms with Crippen LogP contribution in [0.4, 0.5) is 24.1 Å². The number of hydrogen-bond acceptors (Lipinski definition) is 7. The maximum Gasteiger partial charge on any atom is 0.573 e. The van der Waals surface area contributed by atoms with Crippen molar-refractivity contribution in [2.75, 3.05) is 11.2 Å². The zero-order valence-corrected chi connectivity index (χ0v) is 15.1. The lowest BCUT2D eigenvalue weighted by atomic mass is 10.1. The summed E-state index contributed by atoms with van der Waals surface area (Å²) >= 11 is 1.33. The minimum Gasteiger partial charge on any atom is -0.489 e. The van der Waals surface area contributed by atoms with Crippen LogP contribution in [0.1, 0.15) is 11.1 Å². The molecule has 10 heteroatoms. The topological polar surface area (TPSA) is 81.8 Å². The molecule has 0 saturated carbocycles. The Bertz CT molecular complexity index is 943. The monoisotopic (exact) mass is 408 g/mol. The number of anilines is 2. The molecular formula is C18H15F3N4O2S. The van der Waals surface area contributed by atoms with Gasteiger partial charge in [0.2, 0.25) is 5.13 Å². The van der Waals surface area contributed by atoms with E-state index in [0.717, 1.165) is 11.1 Å². The predicted octanol–water partition coefficient (Wildman–Crippen LogP) is 4.65. The molecule has 0 fully saturated rings. The van der Waals surface area contributed by atoms with Crippen LogP contribution >= 0.6 is 11.3 Å². The second kappa shape index (κ2) is 8.61. The molecular weight excluding hydrogens is 393 g/mol. The van der Waals surface area contributed by atoms with Gasteiger partial charge in [-0.1, -0.05) is 24.3 Å². The number of rotatable bonds is 7. The number of nitrogens with one attached hydrogen (secondary N) is 1. The van der Waals surface area contributed by atoms with Gasteiger partial charge in [0.05, 0.1) is 6.21 Å². The number of benzene rings is 2. The average Bonchev–Trinajstić information content (AvgIpc) is 3.06. The Morgan fingerprint density at radius 1 is 1.11 bits per heavy atom. The Morgan fingerprint density at radius 2 is 1.82 bits per heavy atom. The third kappa shape index (κ3) is 5.88. The first-order valence-electron chi connectivity index (χ1n) is 7.96. The van der Waals surface area contributed by atoms with Gasteiger partial charge < -0.3 is 15.2 Å². The Labute approximate surface area is 162 Å². The minimum absolute atomic E-state index is 0.214. The molecule has 3 aromatic rings. The van der Waals surface area contributed by atoms with Crippen molar-refractivity contribution in [3.05, 3.63) is 65.0 Å². The highest BCUT2D eigenvalue weighted by Gasteiger charge is 2.30. The number of thiazole rings is 1. The average molecular weight is 408 g/mol. The molecule has 1 aromatic heterocycles. The van der Waals surface area contributed by atoms with Gasteiger partial charge in [0, 0.05) is 10.9 Å². The van der Waals surface area contributed by atoms with E-state index in [1.54, 1.807) is 11.6 Å². The van der Waals surface area contributed by atoms with E-state index in [1.165, 1.54) is 35.6 Å². The zero-order valence-electron chi connectivity index (χ0n) is 14.3. The molecule has 0 amide bonds. The predicted molar refractivity (Wildman–Crippen MR) is 102 cm³/mol. The van der Waals surface area contributed by atoms with Gasteiger partial charge in [-0.3, -0.25) is 5.43 Å². The number of hydrazone groups is 1. The van der Waals surface area contributed by atoms with E-state index >= 15 is 0 Å². The fraction of sp³-hybridized carbons (Fsp3) is 0.111. The van der Waals surface area contributed by atoms with Crippen molar-refractivity contribution < 1.29 is 22.6 Å². The van der Waals surface area contributed by atoms with Crippen molar-refractivity contribution in [3.63, 3.8) is 0 Å². The van der Waals surface area contributed by atoms with E-state index in [0.29, 0.717) is 16.7 Å². The summed E-state index contributed by atoms with van der Waals surface area (Å²) in [5.74, 6) is 0.530. The molecule has 0 unspecified atom stereocenters. The summed E-state index contributed by atoms with van der Waals surface area (Å²) < 4.78 is 46.0. The van der Waals surface area contributed by atoms with E-state index in [-0.39, 0.29) is 12.4 Å². The molecule has 3 N–H and O–H groups in total. The number of hydrogen-bond donors (Lipinski definition) is 2. The van der Waals surface area contributed by atoms with Crippen LogP contribution in [0, 0.1) is 0 Å². The van der Waals surface area contributed by atoms with Crippen LogP contribution < -0.4 is 20.6 Å². The number of nitrogens with two attached hydrogens (primary N) is 1. The lowest BCUT2D eigenvalue weighted by Crippen LogP contribution is -2.16. The lowest BCUT2D eigenvalue weighted by molar-refractivity contribution is -0.274. The number of halogens is 3. The number of aromatic nitrogens is 1. The summed E-state index contributed by atoms with van der Waals surface area (Å²) in [4.78, 5) is 4.04. The maximum absolute atomic E-state index is 12.2. The van der Waals surface area contributed by atoms with Gasteiger partial charge in [0.25, 0.3) is 0 Å². The molecule has 6 nitrogen and oxygen atoms in total. The van der Waals surface area contributed by atoms with Crippen LogP contribution in [0.2, 0.25) is 0 Å². The summed E-state index contributed by atoms with van der Waals surface area (Å²) in [5.41, 5.74) is 10.0. The van der Waals surface area contributed by atoms with Gasteiger partial charge >= 0.3 is 6.36 Å². The second-order valence-electron chi connectivity index (χ2n) is 5.45. The Morgan fingerprint density at radius 3 is 2.50 bits per heavy atom. The zero-order chi connectivity index (χ0) is 20.0. The molecule has 0 radical (unpaired) electrons. The van der Waals surface area contributed by atoms with Gasteiger partial charge in [-0.15, -0.1) is 24.5 Å². The first-order valence-corrected chi connectivity index (χ1v) is 8.83. The van der Waals surface area contributed by atoms with E-state index < -0.39 is 6.36 Å². The Balaban J connectivity index is 1.60. The van der Waals surface area contributed by atoms with Gasteiger partial charge in [0.15, 0.2) is 0 Å². The van der Waals surface area contributed by atoms with Crippen molar-refractivity contribution >= 4 is 28.5 Å². The van der Waals surface area contributed by atoms with E-state index in [1.807, 2.05) is 24.3 Å². The number of ether oxygens (including phenoxy) is 2. The highest BCUT2D eigenvalue weighted by molar-refractivity contribution is 7.14. The summed E-state index contributed by atoms with van der Waals surface area (Å²) in [6.45, 7) is 0.214. The standard InChI is InChI=1S/C18H15F3N4O2S/c19-18(20,21)27-15-7-5-14(6-8-15)26-10-13-4-2-1-3-12(13)9-23-25-17-24-16(22)11-28-17/h1-9,11H,10,22H2,(H,24,25). The van der Waals surface area contributed by atoms with Crippen molar-refractivity contribution in [2.24, 2.45) is 5.10 Å². The van der Waals surface area contributed by atoms with Crippen LogP contribution in [-0.2, 0) is 6.61 Å². The van der Waals surface area contributed by atoms with Gasteiger partial charge in [-0.2, -0.15) is 5.10 Å². The molecule has 0 bridgehead atoms. The molecule has 2 aromatic carbocycles. The smallest absolute Gasteiger partial charge is 0.489 e. The third-order valence-corrected chi connectivity index (χ3v) is 4.16. The van der Waals surface area contributed by atoms with Crippen molar-refractivity contribution in [1.82, 2.24) is 4.98 Å². The molecule has 0 aliphatic rings. The van der Waals surface area contributed by atoms with Crippen molar-refractivity contribution in [2.45, 2.75) is 13.0 Å². The lowest BCUT2D eigenvalue weighted by Gasteiger charge is -2.11. The molecule has 146 valence electrons. The summed E-state index contributed by atoms with van der Waals surface area (Å²) in [6, 6.07) is 12.6. The summed E-state index contributed by atoms with van der Waals surface area (Å²) in [6.07, 6.45) is -3.10. The third-order valence-electron chi connectivity index (χ3n) is 3.39. The van der Waals surface area contributed by atoms with Crippen LogP contribution in [0.25, 0.3) is 0 Å². The summed E-state index contributed by atoms with van der Waals surface area (Å²) in [5, 5.41) is 6.40. The number of nitrogen functional groups attached to an aromatic ring is 1. The molecule has 1 heterocycles. The van der Waals surface area contributed by atoms with Crippen LogP contribution in [-0.4, -0.2) is 17.6 Å². The molecule has 3 rings (SSSR count). The molecule has 0 atom stereocenters. The second-order valence-corrected chi connectivity index (χ2v) is 6.31. The first kappa shape index (κ1) is 19.5. The minimum atomic E-state index is -4.72. The highest BCUT2D eigenvalue weighted by Crippen LogP contribution is 2.25. The van der Waals surface area contributed by atoms with E-state index in [4.69, 9.17) is 10.5 Å². The maximum atomic E-state index is 12.2. The van der Waals surface area contributed by atoms with Crippen LogP contribution in [0.5, 0.6) is 11.5 Å². The van der Waals surface area contributed by atoms with Crippen molar-refractivity contribution in [1.29, 1.82) is 0 Å². The highest BCUT2D eigenvalue weighted by atomic mass is 32.1. The van der Waals surface area contributed by atoms with E-state index in [9.17, 15) is 13.2 Å². The SMILES string of the molecule is Nc1csc(NN=Cc2ccccc2COc2ccc(OC(F)(F)F)cc2)n1. The van der Waals surface area contributed by atoms with Gasteiger partial charge in [-0.05, 0) is 29.8 Å². The number of alkyl halides is 3. The molecule has 0 aliphatic heterocycles. The molecule has 0 spiro atoms. The Hall–Kier alpha value is -3.27. The molecule has 0 saturated heterocycles. The molecule has 0 aliphatic carbocycles. The normalized spacial score (nSPS) is 11.5. The van der Waals surface area contributed by atoms with Crippen LogP contribution in [0.15, 0.2) is 59.0 Å². The van der Waals surface area contributed by atoms with Gasteiger partial charge in [0.1, 0.15) is 23.9 Å². The molecule has 28 heavy (non-hydrogen) atoms. The number of nitrogens with zero attached hydrogens (tertiary/aromatic N) is 2. The largest absolute Gasteiger partial charge is 0.573 e. The first-order chi connectivity index (χ1) is 13.4. The summed E-state index contributed by atoms with van der Waals surface area (Å²) in [7, 11) is 0.